The van der Waals surface area contributed by atoms with E-state index in [0.29, 0.717) is 0 Å². The van der Waals surface area contributed by atoms with Gasteiger partial charge in [-0.25, -0.2) is 4.98 Å². The molecule has 1 aliphatic rings. The SMILES string of the molecule is Cc1cccc(CNc2ccnc(N3CCCCCC3)n2)c1. The van der Waals surface area contributed by atoms with Crippen LogP contribution in [0.15, 0.2) is 36.5 Å². The summed E-state index contributed by atoms with van der Waals surface area (Å²) in [4.78, 5) is 11.4. The Morgan fingerprint density at radius 3 is 2.68 bits per heavy atom. The molecule has 1 fully saturated rings. The van der Waals surface area contributed by atoms with Gasteiger partial charge in [0, 0.05) is 25.8 Å². The molecule has 4 nitrogen and oxygen atoms in total. The van der Waals surface area contributed by atoms with E-state index in [1.807, 2.05) is 12.3 Å². The first kappa shape index (κ1) is 14.8. The van der Waals surface area contributed by atoms with Crippen molar-refractivity contribution in [1.82, 2.24) is 9.97 Å². The maximum absolute atomic E-state index is 4.68. The molecule has 1 aromatic carbocycles. The largest absolute Gasteiger partial charge is 0.366 e. The molecule has 1 aliphatic heterocycles. The smallest absolute Gasteiger partial charge is 0.227 e. The molecule has 1 aromatic heterocycles. The number of aryl methyl sites for hydroxylation is 1. The predicted octanol–water partition coefficient (Wildman–Crippen LogP) is 3.78. The highest BCUT2D eigenvalue weighted by Gasteiger charge is 2.12. The second kappa shape index (κ2) is 7.25. The first-order valence-corrected chi connectivity index (χ1v) is 8.19. The predicted molar refractivity (Wildman–Crippen MR) is 91.2 cm³/mol. The van der Waals surface area contributed by atoms with Crippen LogP contribution in [0.5, 0.6) is 0 Å². The fourth-order valence-electron chi connectivity index (χ4n) is 2.88. The summed E-state index contributed by atoms with van der Waals surface area (Å²) in [5.41, 5.74) is 2.56. The highest BCUT2D eigenvalue weighted by atomic mass is 15.3. The number of nitrogens with zero attached hydrogens (tertiary/aromatic N) is 3. The Labute approximate surface area is 132 Å². The van der Waals surface area contributed by atoms with Crippen LogP contribution in [0.25, 0.3) is 0 Å². The van der Waals surface area contributed by atoms with Gasteiger partial charge in [-0.05, 0) is 31.4 Å². The van der Waals surface area contributed by atoms with Gasteiger partial charge in [-0.1, -0.05) is 42.7 Å². The van der Waals surface area contributed by atoms with E-state index in [1.54, 1.807) is 0 Å². The Balaban J connectivity index is 1.65. The Bertz CT molecular complexity index is 604. The zero-order valence-electron chi connectivity index (χ0n) is 13.3. The van der Waals surface area contributed by atoms with Crippen molar-refractivity contribution in [2.45, 2.75) is 39.2 Å². The van der Waals surface area contributed by atoms with Crippen LogP contribution in [0, 0.1) is 6.92 Å². The van der Waals surface area contributed by atoms with E-state index in [1.165, 1.54) is 36.8 Å². The Morgan fingerprint density at radius 2 is 1.91 bits per heavy atom. The molecule has 0 saturated carbocycles. The van der Waals surface area contributed by atoms with Gasteiger partial charge in [-0.3, -0.25) is 0 Å². The second-order valence-corrected chi connectivity index (χ2v) is 5.99. The van der Waals surface area contributed by atoms with Crippen LogP contribution < -0.4 is 10.2 Å². The molecule has 0 aliphatic carbocycles. The molecule has 2 heterocycles. The van der Waals surface area contributed by atoms with Crippen LogP contribution in [0.4, 0.5) is 11.8 Å². The van der Waals surface area contributed by atoms with Crippen molar-refractivity contribution in [1.29, 1.82) is 0 Å². The molecule has 0 spiro atoms. The van der Waals surface area contributed by atoms with Crippen LogP contribution in [0.1, 0.15) is 36.8 Å². The molecule has 1 saturated heterocycles. The normalized spacial score (nSPS) is 15.4. The molecule has 0 amide bonds. The van der Waals surface area contributed by atoms with E-state index < -0.39 is 0 Å². The fourth-order valence-corrected chi connectivity index (χ4v) is 2.88. The van der Waals surface area contributed by atoms with Crippen molar-refractivity contribution in [2.24, 2.45) is 0 Å². The second-order valence-electron chi connectivity index (χ2n) is 5.99. The van der Waals surface area contributed by atoms with Gasteiger partial charge in [-0.15, -0.1) is 0 Å². The van der Waals surface area contributed by atoms with Crippen LogP contribution >= 0.6 is 0 Å². The zero-order valence-corrected chi connectivity index (χ0v) is 13.3. The maximum atomic E-state index is 4.68. The summed E-state index contributed by atoms with van der Waals surface area (Å²) >= 11 is 0. The summed E-state index contributed by atoms with van der Waals surface area (Å²) in [5.74, 6) is 1.76. The first-order chi connectivity index (χ1) is 10.8. The van der Waals surface area contributed by atoms with E-state index in [4.69, 9.17) is 0 Å². The average molecular weight is 296 g/mol. The minimum absolute atomic E-state index is 0.790. The third-order valence-electron chi connectivity index (χ3n) is 4.09. The van der Waals surface area contributed by atoms with Gasteiger partial charge in [0.15, 0.2) is 0 Å². The molecular formula is C18H24N4. The molecule has 0 radical (unpaired) electrons. The van der Waals surface area contributed by atoms with Gasteiger partial charge < -0.3 is 10.2 Å². The van der Waals surface area contributed by atoms with E-state index in [9.17, 15) is 0 Å². The standard InChI is InChI=1S/C18H24N4/c1-15-7-6-8-16(13-15)14-20-17-9-10-19-18(21-17)22-11-4-2-3-5-12-22/h6-10,13H,2-5,11-12,14H2,1H3,(H,19,20,21). The highest BCUT2D eigenvalue weighted by Crippen LogP contribution is 2.17. The number of nitrogens with one attached hydrogen (secondary N) is 1. The summed E-state index contributed by atoms with van der Waals surface area (Å²) in [6.07, 6.45) is 6.98. The molecule has 3 rings (SSSR count). The van der Waals surface area contributed by atoms with Crippen molar-refractivity contribution >= 4 is 11.8 Å². The number of hydrogen-bond acceptors (Lipinski definition) is 4. The number of rotatable bonds is 4. The van der Waals surface area contributed by atoms with Gasteiger partial charge in [-0.2, -0.15) is 4.98 Å². The summed E-state index contributed by atoms with van der Waals surface area (Å²) in [6, 6.07) is 10.5. The van der Waals surface area contributed by atoms with Crippen LogP contribution in [0.2, 0.25) is 0 Å². The molecule has 22 heavy (non-hydrogen) atoms. The van der Waals surface area contributed by atoms with E-state index in [0.717, 1.165) is 31.4 Å². The van der Waals surface area contributed by atoms with Gasteiger partial charge in [0.25, 0.3) is 0 Å². The maximum Gasteiger partial charge on any atom is 0.227 e. The van der Waals surface area contributed by atoms with E-state index >= 15 is 0 Å². The summed E-state index contributed by atoms with van der Waals surface area (Å²) in [5, 5.41) is 3.41. The van der Waals surface area contributed by atoms with Crippen LogP contribution in [0.3, 0.4) is 0 Å². The molecule has 4 heteroatoms. The Hall–Kier alpha value is -2.10. The molecular weight excluding hydrogens is 272 g/mol. The Morgan fingerprint density at radius 1 is 1.09 bits per heavy atom. The van der Waals surface area contributed by atoms with E-state index in [2.05, 4.69) is 51.4 Å². The average Bonchev–Trinajstić information content (AvgIpc) is 2.83. The monoisotopic (exact) mass is 296 g/mol. The van der Waals surface area contributed by atoms with Crippen molar-refractivity contribution in [3.05, 3.63) is 47.7 Å². The third kappa shape index (κ3) is 3.97. The minimum atomic E-state index is 0.790. The van der Waals surface area contributed by atoms with Gasteiger partial charge >= 0.3 is 0 Å². The Kier molecular flexibility index (Phi) is 4.88. The number of hydrogen-bond donors (Lipinski definition) is 1. The lowest BCUT2D eigenvalue weighted by molar-refractivity contribution is 0.726. The van der Waals surface area contributed by atoms with Gasteiger partial charge in [0.1, 0.15) is 5.82 Å². The molecule has 1 N–H and O–H groups in total. The molecule has 2 aromatic rings. The quantitative estimate of drug-likeness (QED) is 0.932. The lowest BCUT2D eigenvalue weighted by Crippen LogP contribution is -2.26. The lowest BCUT2D eigenvalue weighted by atomic mass is 10.1. The third-order valence-corrected chi connectivity index (χ3v) is 4.09. The van der Waals surface area contributed by atoms with Crippen molar-refractivity contribution < 1.29 is 0 Å². The van der Waals surface area contributed by atoms with Crippen LogP contribution in [-0.4, -0.2) is 23.1 Å². The number of aromatic nitrogens is 2. The fraction of sp³-hybridized carbons (Fsp3) is 0.444. The minimum Gasteiger partial charge on any atom is -0.366 e. The summed E-state index contributed by atoms with van der Waals surface area (Å²) in [7, 11) is 0. The zero-order chi connectivity index (χ0) is 15.2. The van der Waals surface area contributed by atoms with Crippen LogP contribution in [-0.2, 0) is 6.54 Å². The lowest BCUT2D eigenvalue weighted by Gasteiger charge is -2.20. The number of anilines is 2. The van der Waals surface area contributed by atoms with Crippen molar-refractivity contribution in [2.75, 3.05) is 23.3 Å². The van der Waals surface area contributed by atoms with Gasteiger partial charge in [0.05, 0.1) is 0 Å². The molecule has 0 bridgehead atoms. The highest BCUT2D eigenvalue weighted by molar-refractivity contribution is 5.42. The topological polar surface area (TPSA) is 41.1 Å². The van der Waals surface area contributed by atoms with Crippen molar-refractivity contribution in [3.63, 3.8) is 0 Å². The summed E-state index contributed by atoms with van der Waals surface area (Å²) in [6.45, 7) is 5.05. The van der Waals surface area contributed by atoms with Gasteiger partial charge in [0.2, 0.25) is 5.95 Å². The number of benzene rings is 1. The van der Waals surface area contributed by atoms with E-state index in [-0.39, 0.29) is 0 Å². The summed E-state index contributed by atoms with van der Waals surface area (Å²) < 4.78 is 0. The molecule has 116 valence electrons. The molecule has 0 unspecified atom stereocenters. The molecule has 0 atom stereocenters. The first-order valence-electron chi connectivity index (χ1n) is 8.19. The van der Waals surface area contributed by atoms with Crippen molar-refractivity contribution in [3.8, 4) is 0 Å².